The van der Waals surface area contributed by atoms with Gasteiger partial charge < -0.3 is 14.9 Å². The molecule has 1 aromatic heterocycles. The van der Waals surface area contributed by atoms with Crippen LogP contribution in [0.2, 0.25) is 10.2 Å². The largest absolute Gasteiger partial charge is 0.478 e. The Morgan fingerprint density at radius 1 is 1.45 bits per heavy atom. The van der Waals surface area contributed by atoms with E-state index in [9.17, 15) is 9.90 Å². The second kappa shape index (κ2) is 5.06. The minimum Gasteiger partial charge on any atom is -0.478 e. The lowest BCUT2D eigenvalue weighted by molar-refractivity contribution is 0.0697. The molecular formula is C13H15Cl2N3O2. The minimum absolute atomic E-state index is 0.0475. The topological polar surface area (TPSA) is 56.7 Å². The van der Waals surface area contributed by atoms with Crippen LogP contribution in [-0.4, -0.2) is 53.7 Å². The number of aromatic nitrogens is 1. The summed E-state index contributed by atoms with van der Waals surface area (Å²) in [6.45, 7) is 2.75. The molecule has 1 aromatic rings. The number of hydrogen-bond donors (Lipinski definition) is 1. The van der Waals surface area contributed by atoms with E-state index < -0.39 is 5.97 Å². The van der Waals surface area contributed by atoms with Crippen molar-refractivity contribution in [2.45, 2.75) is 12.5 Å². The summed E-state index contributed by atoms with van der Waals surface area (Å²) < 4.78 is 0. The molecule has 2 aliphatic heterocycles. The SMILES string of the molecule is CN1CC2CCN(c3nc(Cl)cc(Cl)c3C(=O)O)C2C1. The van der Waals surface area contributed by atoms with E-state index in [2.05, 4.69) is 21.8 Å². The third kappa shape index (κ3) is 2.24. The van der Waals surface area contributed by atoms with Gasteiger partial charge in [-0.2, -0.15) is 0 Å². The van der Waals surface area contributed by atoms with Gasteiger partial charge in [0.25, 0.3) is 0 Å². The van der Waals surface area contributed by atoms with Crippen molar-refractivity contribution in [2.75, 3.05) is 31.6 Å². The molecule has 2 aliphatic rings. The molecule has 20 heavy (non-hydrogen) atoms. The summed E-state index contributed by atoms with van der Waals surface area (Å²) in [7, 11) is 2.08. The Bertz CT molecular complexity index is 567. The number of carbonyl (C=O) groups is 1. The predicted molar refractivity (Wildman–Crippen MR) is 78.0 cm³/mol. The fourth-order valence-electron chi connectivity index (χ4n) is 3.31. The first kappa shape index (κ1) is 13.9. The summed E-state index contributed by atoms with van der Waals surface area (Å²) in [4.78, 5) is 20.0. The van der Waals surface area contributed by atoms with Gasteiger partial charge in [-0.05, 0) is 25.5 Å². The van der Waals surface area contributed by atoms with Crippen molar-refractivity contribution in [1.82, 2.24) is 9.88 Å². The number of likely N-dealkylation sites (tertiary alicyclic amines) is 1. The summed E-state index contributed by atoms with van der Waals surface area (Å²) in [5, 5.41) is 9.75. The molecule has 0 spiro atoms. The van der Waals surface area contributed by atoms with Gasteiger partial charge in [0.15, 0.2) is 0 Å². The third-order valence-corrected chi connectivity index (χ3v) is 4.63. The van der Waals surface area contributed by atoms with Crippen molar-refractivity contribution < 1.29 is 9.90 Å². The third-order valence-electron chi connectivity index (χ3n) is 4.14. The standard InChI is InChI=1S/C13H15Cl2N3O2/c1-17-5-7-2-3-18(9(7)6-17)12-11(13(19)20)8(14)4-10(15)16-12/h4,7,9H,2-3,5-6H2,1H3,(H,19,20). The van der Waals surface area contributed by atoms with Gasteiger partial charge in [0.05, 0.1) is 5.02 Å². The maximum absolute atomic E-state index is 11.5. The van der Waals surface area contributed by atoms with Gasteiger partial charge in [-0.25, -0.2) is 9.78 Å². The number of pyridine rings is 1. The molecule has 5 nitrogen and oxygen atoms in total. The molecule has 3 heterocycles. The number of likely N-dealkylation sites (N-methyl/N-ethyl adjacent to an activating group) is 1. The molecule has 2 fully saturated rings. The van der Waals surface area contributed by atoms with Crippen LogP contribution in [0.4, 0.5) is 5.82 Å². The van der Waals surface area contributed by atoms with Gasteiger partial charge >= 0.3 is 5.97 Å². The molecule has 0 saturated carbocycles. The second-order valence-corrected chi connectivity index (χ2v) is 6.26. The summed E-state index contributed by atoms with van der Waals surface area (Å²) in [5.74, 6) is -0.108. The van der Waals surface area contributed by atoms with Crippen molar-refractivity contribution in [3.05, 3.63) is 21.8 Å². The summed E-state index contributed by atoms with van der Waals surface area (Å²) in [6, 6.07) is 1.67. The quantitative estimate of drug-likeness (QED) is 0.848. The van der Waals surface area contributed by atoms with Crippen molar-refractivity contribution in [2.24, 2.45) is 5.92 Å². The van der Waals surface area contributed by atoms with Crippen LogP contribution in [0.5, 0.6) is 0 Å². The Morgan fingerprint density at radius 3 is 2.90 bits per heavy atom. The lowest BCUT2D eigenvalue weighted by Gasteiger charge is -2.27. The smallest absolute Gasteiger partial charge is 0.341 e. The lowest BCUT2D eigenvalue weighted by Crippen LogP contribution is -2.36. The summed E-state index contributed by atoms with van der Waals surface area (Å²) in [5.41, 5.74) is 0.0475. The first-order valence-electron chi connectivity index (χ1n) is 6.52. The molecule has 2 saturated heterocycles. The molecule has 7 heteroatoms. The number of anilines is 1. The Balaban J connectivity index is 2.04. The zero-order valence-electron chi connectivity index (χ0n) is 11.0. The number of hydrogen-bond acceptors (Lipinski definition) is 4. The lowest BCUT2D eigenvalue weighted by atomic mass is 10.1. The van der Waals surface area contributed by atoms with Gasteiger partial charge in [-0.15, -0.1) is 0 Å². The van der Waals surface area contributed by atoms with Crippen LogP contribution in [0.15, 0.2) is 6.07 Å². The molecule has 0 bridgehead atoms. The highest BCUT2D eigenvalue weighted by Crippen LogP contribution is 2.37. The molecule has 2 unspecified atom stereocenters. The Kier molecular flexibility index (Phi) is 3.52. The molecule has 2 atom stereocenters. The summed E-state index contributed by atoms with van der Waals surface area (Å²) >= 11 is 12.0. The number of rotatable bonds is 2. The number of carboxylic acids is 1. The van der Waals surface area contributed by atoms with Crippen LogP contribution < -0.4 is 4.90 Å². The maximum Gasteiger partial charge on any atom is 0.341 e. The number of carboxylic acid groups (broad SMARTS) is 1. The van der Waals surface area contributed by atoms with Gasteiger partial charge in [0.1, 0.15) is 16.5 Å². The molecule has 3 rings (SSSR count). The average Bonchev–Trinajstić information content (AvgIpc) is 2.85. The van der Waals surface area contributed by atoms with E-state index in [0.29, 0.717) is 17.8 Å². The van der Waals surface area contributed by atoms with Crippen LogP contribution in [0, 0.1) is 5.92 Å². The zero-order chi connectivity index (χ0) is 14.4. The van der Waals surface area contributed by atoms with Gasteiger partial charge in [-0.3, -0.25) is 0 Å². The number of halogens is 2. The monoisotopic (exact) mass is 315 g/mol. The minimum atomic E-state index is -1.07. The molecule has 0 aromatic carbocycles. The molecule has 1 N–H and O–H groups in total. The highest BCUT2D eigenvalue weighted by Gasteiger charge is 2.42. The average molecular weight is 316 g/mol. The molecule has 0 amide bonds. The van der Waals surface area contributed by atoms with Gasteiger partial charge in [-0.1, -0.05) is 23.2 Å². The van der Waals surface area contributed by atoms with E-state index in [1.165, 1.54) is 6.07 Å². The van der Waals surface area contributed by atoms with Crippen LogP contribution in [0.1, 0.15) is 16.8 Å². The summed E-state index contributed by atoms with van der Waals surface area (Å²) in [6.07, 6.45) is 1.04. The van der Waals surface area contributed by atoms with E-state index in [4.69, 9.17) is 23.2 Å². The molecule has 108 valence electrons. The predicted octanol–water partition coefficient (Wildman–Crippen LogP) is 2.23. The van der Waals surface area contributed by atoms with E-state index >= 15 is 0 Å². The van der Waals surface area contributed by atoms with E-state index in [-0.39, 0.29) is 15.7 Å². The maximum atomic E-state index is 11.5. The Labute approximate surface area is 127 Å². The van der Waals surface area contributed by atoms with Crippen LogP contribution in [-0.2, 0) is 0 Å². The molecule has 0 radical (unpaired) electrons. The number of aromatic carboxylic acids is 1. The Hall–Kier alpha value is -1.04. The van der Waals surface area contributed by atoms with Crippen molar-refractivity contribution >= 4 is 35.0 Å². The van der Waals surface area contributed by atoms with Crippen molar-refractivity contribution in [3.8, 4) is 0 Å². The van der Waals surface area contributed by atoms with Gasteiger partial charge in [0.2, 0.25) is 0 Å². The van der Waals surface area contributed by atoms with Crippen molar-refractivity contribution in [1.29, 1.82) is 0 Å². The Morgan fingerprint density at radius 2 is 2.20 bits per heavy atom. The van der Waals surface area contributed by atoms with Crippen LogP contribution in [0.3, 0.4) is 0 Å². The first-order valence-corrected chi connectivity index (χ1v) is 7.27. The number of fused-ring (bicyclic) bond motifs is 1. The van der Waals surface area contributed by atoms with Crippen LogP contribution in [0.25, 0.3) is 0 Å². The van der Waals surface area contributed by atoms with E-state index in [1.807, 2.05) is 0 Å². The second-order valence-electron chi connectivity index (χ2n) is 5.46. The molecular weight excluding hydrogens is 301 g/mol. The van der Waals surface area contributed by atoms with Crippen molar-refractivity contribution in [3.63, 3.8) is 0 Å². The number of nitrogens with zero attached hydrogens (tertiary/aromatic N) is 3. The fraction of sp³-hybridized carbons (Fsp3) is 0.538. The first-order chi connectivity index (χ1) is 9.47. The molecule has 0 aliphatic carbocycles. The fourth-order valence-corrected chi connectivity index (χ4v) is 3.83. The highest BCUT2D eigenvalue weighted by molar-refractivity contribution is 6.36. The zero-order valence-corrected chi connectivity index (χ0v) is 12.5. The van der Waals surface area contributed by atoms with Gasteiger partial charge in [0, 0.05) is 25.7 Å². The van der Waals surface area contributed by atoms with E-state index in [1.54, 1.807) is 0 Å². The highest BCUT2D eigenvalue weighted by atomic mass is 35.5. The van der Waals surface area contributed by atoms with Crippen LogP contribution >= 0.6 is 23.2 Å². The normalized spacial score (nSPS) is 26.1. The van der Waals surface area contributed by atoms with E-state index in [0.717, 1.165) is 26.1 Å².